The number of hydrogen-bond donors (Lipinski definition) is 2. The molecular weight excluding hydrogens is 275 g/mol. The van der Waals surface area contributed by atoms with Crippen LogP contribution in [-0.4, -0.2) is 48.6 Å². The van der Waals surface area contributed by atoms with Gasteiger partial charge in [0.2, 0.25) is 5.91 Å². The van der Waals surface area contributed by atoms with Gasteiger partial charge in [0, 0.05) is 19.7 Å². The molecule has 1 atom stereocenters. The minimum absolute atomic E-state index is 0.196. The molecule has 2 N–H and O–H groups in total. The first kappa shape index (κ1) is 16.7. The average molecular weight is 292 g/mol. The van der Waals surface area contributed by atoms with E-state index in [-0.39, 0.29) is 18.1 Å². The van der Waals surface area contributed by atoms with Gasteiger partial charge in [0.05, 0.1) is 5.56 Å². The molecule has 1 aromatic rings. The zero-order chi connectivity index (χ0) is 16.0. The summed E-state index contributed by atoms with van der Waals surface area (Å²) in [7, 11) is 3.13. The predicted molar refractivity (Wildman–Crippen MR) is 76.0 cm³/mol. The van der Waals surface area contributed by atoms with Gasteiger partial charge in [-0.05, 0) is 25.1 Å². The van der Waals surface area contributed by atoms with Crippen LogP contribution < -0.4 is 5.32 Å². The third-order valence-electron chi connectivity index (χ3n) is 2.68. The molecule has 0 saturated carbocycles. The van der Waals surface area contributed by atoms with E-state index in [1.54, 1.807) is 14.1 Å². The van der Waals surface area contributed by atoms with Crippen molar-refractivity contribution >= 4 is 11.8 Å². The monoisotopic (exact) mass is 292 g/mol. The maximum atomic E-state index is 13.7. The van der Waals surface area contributed by atoms with Crippen LogP contribution in [-0.2, 0) is 4.79 Å². The largest absolute Gasteiger partial charge is 0.384 e. The van der Waals surface area contributed by atoms with Crippen LogP contribution in [0.4, 0.5) is 4.39 Å². The summed E-state index contributed by atoms with van der Waals surface area (Å²) in [5.74, 6) is 3.32. The van der Waals surface area contributed by atoms with Gasteiger partial charge in [-0.1, -0.05) is 11.8 Å². The van der Waals surface area contributed by atoms with Crippen LogP contribution in [0.1, 0.15) is 22.8 Å². The summed E-state index contributed by atoms with van der Waals surface area (Å²) in [6, 6.07) is 3.04. The van der Waals surface area contributed by atoms with Crippen LogP contribution in [0.3, 0.4) is 0 Å². The molecule has 1 unspecified atom stereocenters. The second-order valence-corrected chi connectivity index (χ2v) is 4.58. The Bertz CT molecular complexity index is 603. The SMILES string of the molecule is CC(NC(=O)c1cc(C#CCO)ccc1F)C(=O)N(C)C. The number of benzene rings is 1. The lowest BCUT2D eigenvalue weighted by molar-refractivity contribution is -0.130. The van der Waals surface area contributed by atoms with E-state index in [4.69, 9.17) is 5.11 Å². The van der Waals surface area contributed by atoms with Crippen molar-refractivity contribution in [1.82, 2.24) is 10.2 Å². The Balaban J connectivity index is 2.94. The van der Waals surface area contributed by atoms with E-state index >= 15 is 0 Å². The first-order valence-electron chi connectivity index (χ1n) is 6.28. The highest BCUT2D eigenvalue weighted by Gasteiger charge is 2.20. The maximum Gasteiger partial charge on any atom is 0.254 e. The molecule has 2 amide bonds. The average Bonchev–Trinajstić information content (AvgIpc) is 2.45. The van der Waals surface area contributed by atoms with Crippen molar-refractivity contribution < 1.29 is 19.1 Å². The Morgan fingerprint density at radius 3 is 2.67 bits per heavy atom. The van der Waals surface area contributed by atoms with E-state index in [0.29, 0.717) is 5.56 Å². The van der Waals surface area contributed by atoms with Crippen LogP contribution in [0, 0.1) is 17.7 Å². The fourth-order valence-electron chi connectivity index (χ4n) is 1.64. The standard InChI is InChI=1S/C15H17FN2O3/c1-10(15(21)18(2)3)17-14(20)12-9-11(5-4-8-19)6-7-13(12)16/h6-7,9-10,19H,8H2,1-3H3,(H,17,20). The second kappa shape index (κ2) is 7.41. The third-order valence-corrected chi connectivity index (χ3v) is 2.68. The number of likely N-dealkylation sites (N-methyl/N-ethyl adjacent to an activating group) is 1. The van der Waals surface area contributed by atoms with Crippen molar-refractivity contribution in [3.63, 3.8) is 0 Å². The van der Waals surface area contributed by atoms with E-state index in [9.17, 15) is 14.0 Å². The Labute approximate surface area is 122 Å². The zero-order valence-electron chi connectivity index (χ0n) is 12.1. The molecule has 112 valence electrons. The lowest BCUT2D eigenvalue weighted by Gasteiger charge is -2.18. The van der Waals surface area contributed by atoms with Crippen molar-refractivity contribution in [3.05, 3.63) is 35.1 Å². The van der Waals surface area contributed by atoms with E-state index in [2.05, 4.69) is 17.2 Å². The number of aliphatic hydroxyl groups is 1. The quantitative estimate of drug-likeness (QED) is 0.791. The summed E-state index contributed by atoms with van der Waals surface area (Å²) in [5, 5.41) is 11.1. The molecule has 1 aromatic carbocycles. The fraction of sp³-hybridized carbons (Fsp3) is 0.333. The first-order chi connectivity index (χ1) is 9.86. The minimum atomic E-state index is -0.765. The highest BCUT2D eigenvalue weighted by Crippen LogP contribution is 2.10. The highest BCUT2D eigenvalue weighted by molar-refractivity contribution is 5.97. The topological polar surface area (TPSA) is 69.6 Å². The molecule has 0 radical (unpaired) electrons. The summed E-state index contributed by atoms with van der Waals surface area (Å²) < 4.78 is 13.7. The molecular formula is C15H17FN2O3. The summed E-state index contributed by atoms with van der Waals surface area (Å²) in [4.78, 5) is 25.0. The van der Waals surface area contributed by atoms with Crippen molar-refractivity contribution in [3.8, 4) is 11.8 Å². The smallest absolute Gasteiger partial charge is 0.254 e. The summed E-state index contributed by atoms with van der Waals surface area (Å²) >= 11 is 0. The molecule has 6 heteroatoms. The third kappa shape index (κ3) is 4.58. The number of halogens is 1. The number of nitrogens with zero attached hydrogens (tertiary/aromatic N) is 1. The first-order valence-corrected chi connectivity index (χ1v) is 6.28. The molecule has 0 fully saturated rings. The summed E-state index contributed by atoms with van der Waals surface area (Å²) in [6.07, 6.45) is 0. The van der Waals surface area contributed by atoms with Gasteiger partial charge in [0.25, 0.3) is 5.91 Å². The number of carbonyl (C=O) groups is 2. The van der Waals surface area contributed by atoms with Crippen LogP contribution in [0.2, 0.25) is 0 Å². The van der Waals surface area contributed by atoms with Gasteiger partial charge >= 0.3 is 0 Å². The van der Waals surface area contributed by atoms with Crippen LogP contribution >= 0.6 is 0 Å². The Hall–Kier alpha value is -2.39. The number of aliphatic hydroxyl groups excluding tert-OH is 1. The van der Waals surface area contributed by atoms with Gasteiger partial charge in [0.15, 0.2) is 0 Å². The van der Waals surface area contributed by atoms with Gasteiger partial charge in [-0.15, -0.1) is 0 Å². The van der Waals surface area contributed by atoms with E-state index < -0.39 is 17.8 Å². The molecule has 0 bridgehead atoms. The van der Waals surface area contributed by atoms with Gasteiger partial charge < -0.3 is 15.3 Å². The Morgan fingerprint density at radius 1 is 1.43 bits per heavy atom. The van der Waals surface area contributed by atoms with Crippen molar-refractivity contribution in [1.29, 1.82) is 0 Å². The lowest BCUT2D eigenvalue weighted by atomic mass is 10.1. The number of rotatable bonds is 3. The van der Waals surface area contributed by atoms with Crippen LogP contribution in [0.15, 0.2) is 18.2 Å². The van der Waals surface area contributed by atoms with Gasteiger partial charge in [-0.2, -0.15) is 0 Å². The molecule has 0 aliphatic heterocycles. The maximum absolute atomic E-state index is 13.7. The number of carbonyl (C=O) groups excluding carboxylic acids is 2. The van der Waals surface area contributed by atoms with E-state index in [0.717, 1.165) is 6.07 Å². The Morgan fingerprint density at radius 2 is 2.10 bits per heavy atom. The second-order valence-electron chi connectivity index (χ2n) is 4.58. The summed E-state index contributed by atoms with van der Waals surface area (Å²) in [6.45, 7) is 1.20. The number of hydrogen-bond acceptors (Lipinski definition) is 3. The van der Waals surface area contributed by atoms with Gasteiger partial charge in [-0.3, -0.25) is 9.59 Å². The fourth-order valence-corrected chi connectivity index (χ4v) is 1.64. The Kier molecular flexibility index (Phi) is 5.88. The van der Waals surface area contributed by atoms with E-state index in [1.165, 1.54) is 24.0 Å². The predicted octanol–water partition coefficient (Wildman–Crippen LogP) is 0.376. The molecule has 21 heavy (non-hydrogen) atoms. The summed E-state index contributed by atoms with van der Waals surface area (Å²) in [5.41, 5.74) is 0.209. The van der Waals surface area contributed by atoms with Crippen molar-refractivity contribution in [2.75, 3.05) is 20.7 Å². The molecule has 0 aromatic heterocycles. The zero-order valence-corrected chi connectivity index (χ0v) is 12.1. The van der Waals surface area contributed by atoms with Crippen LogP contribution in [0.25, 0.3) is 0 Å². The highest BCUT2D eigenvalue weighted by atomic mass is 19.1. The lowest BCUT2D eigenvalue weighted by Crippen LogP contribution is -2.44. The molecule has 0 aliphatic carbocycles. The number of nitrogens with one attached hydrogen (secondary N) is 1. The minimum Gasteiger partial charge on any atom is -0.384 e. The molecule has 1 rings (SSSR count). The number of amides is 2. The molecule has 0 spiro atoms. The van der Waals surface area contributed by atoms with Crippen molar-refractivity contribution in [2.45, 2.75) is 13.0 Å². The normalized spacial score (nSPS) is 11.1. The van der Waals surface area contributed by atoms with Crippen LogP contribution in [0.5, 0.6) is 0 Å². The van der Waals surface area contributed by atoms with E-state index in [1.807, 2.05) is 0 Å². The van der Waals surface area contributed by atoms with Gasteiger partial charge in [0.1, 0.15) is 18.5 Å². The van der Waals surface area contributed by atoms with Crippen molar-refractivity contribution in [2.24, 2.45) is 0 Å². The molecule has 0 aliphatic rings. The molecule has 5 nitrogen and oxygen atoms in total. The molecule has 0 saturated heterocycles. The van der Waals surface area contributed by atoms with Gasteiger partial charge in [-0.25, -0.2) is 4.39 Å². The molecule has 0 heterocycles.